The van der Waals surface area contributed by atoms with Gasteiger partial charge in [-0.3, -0.25) is 0 Å². The Kier molecular flexibility index (Phi) is 3.10. The summed E-state index contributed by atoms with van der Waals surface area (Å²) >= 11 is 0. The Labute approximate surface area is 93.4 Å². The molecule has 4 heteroatoms. The third-order valence-corrected chi connectivity index (χ3v) is 2.94. The van der Waals surface area contributed by atoms with Gasteiger partial charge in [-0.25, -0.2) is 8.78 Å². The minimum atomic E-state index is -0.620. The van der Waals surface area contributed by atoms with Crippen LogP contribution in [0.5, 0.6) is 5.75 Å². The van der Waals surface area contributed by atoms with Crippen LogP contribution in [-0.2, 0) is 0 Å². The van der Waals surface area contributed by atoms with E-state index in [1.54, 1.807) is 0 Å². The van der Waals surface area contributed by atoms with E-state index in [1.165, 1.54) is 19.2 Å². The summed E-state index contributed by atoms with van der Waals surface area (Å²) in [6.07, 6.45) is 2.89. The second-order valence-electron chi connectivity index (χ2n) is 4.29. The van der Waals surface area contributed by atoms with Crippen molar-refractivity contribution in [2.24, 2.45) is 11.7 Å². The lowest BCUT2D eigenvalue weighted by Crippen LogP contribution is -2.15. The number of rotatable bonds is 4. The van der Waals surface area contributed by atoms with Crippen LogP contribution < -0.4 is 10.5 Å². The van der Waals surface area contributed by atoms with Crippen molar-refractivity contribution < 1.29 is 13.5 Å². The Morgan fingerprint density at radius 2 is 1.94 bits per heavy atom. The third-order valence-electron chi connectivity index (χ3n) is 2.94. The van der Waals surface area contributed by atoms with Crippen molar-refractivity contribution >= 4 is 0 Å². The van der Waals surface area contributed by atoms with Crippen LogP contribution in [0.2, 0.25) is 0 Å². The van der Waals surface area contributed by atoms with Crippen LogP contribution in [-0.4, -0.2) is 7.11 Å². The first-order chi connectivity index (χ1) is 7.61. The Morgan fingerprint density at radius 3 is 2.38 bits per heavy atom. The zero-order valence-electron chi connectivity index (χ0n) is 9.17. The molecule has 0 aliphatic heterocycles. The number of hydrogen-bond donors (Lipinski definition) is 1. The van der Waals surface area contributed by atoms with E-state index in [9.17, 15) is 8.78 Å². The molecule has 0 aromatic heterocycles. The van der Waals surface area contributed by atoms with Crippen LogP contribution >= 0.6 is 0 Å². The maximum Gasteiger partial charge on any atom is 0.134 e. The van der Waals surface area contributed by atoms with Crippen molar-refractivity contribution in [2.45, 2.75) is 25.3 Å². The molecule has 0 spiro atoms. The molecule has 1 aromatic rings. The highest BCUT2D eigenvalue weighted by Gasteiger charge is 2.27. The van der Waals surface area contributed by atoms with Gasteiger partial charge in [0.05, 0.1) is 7.11 Å². The van der Waals surface area contributed by atoms with E-state index in [2.05, 4.69) is 0 Å². The third kappa shape index (κ3) is 2.32. The van der Waals surface area contributed by atoms with E-state index in [0.717, 1.165) is 12.8 Å². The van der Waals surface area contributed by atoms with E-state index in [1.807, 2.05) is 0 Å². The highest BCUT2D eigenvalue weighted by atomic mass is 19.1. The fraction of sp³-hybridized carbons (Fsp3) is 0.500. The first-order valence-corrected chi connectivity index (χ1v) is 5.40. The van der Waals surface area contributed by atoms with Crippen molar-refractivity contribution in [1.82, 2.24) is 0 Å². The Hall–Kier alpha value is -1.16. The molecule has 16 heavy (non-hydrogen) atoms. The number of nitrogens with two attached hydrogens (primary N) is 1. The molecule has 2 N–H and O–H groups in total. The lowest BCUT2D eigenvalue weighted by Gasteiger charge is -2.14. The van der Waals surface area contributed by atoms with Gasteiger partial charge in [0.1, 0.15) is 17.4 Å². The van der Waals surface area contributed by atoms with E-state index >= 15 is 0 Å². The molecule has 1 fully saturated rings. The highest BCUT2D eigenvalue weighted by Crippen LogP contribution is 2.38. The van der Waals surface area contributed by atoms with E-state index < -0.39 is 17.7 Å². The molecule has 2 nitrogen and oxygen atoms in total. The molecule has 0 heterocycles. The molecule has 1 unspecified atom stereocenters. The standard InChI is InChI=1S/C12H15F2NO/c1-16-8-5-9(13)12(10(14)6-8)11(15)4-7-2-3-7/h5-7,11H,2-4,15H2,1H3. The predicted molar refractivity (Wildman–Crippen MR) is 57.2 cm³/mol. The van der Waals surface area contributed by atoms with Crippen LogP contribution in [0.15, 0.2) is 12.1 Å². The van der Waals surface area contributed by atoms with Gasteiger partial charge in [-0.1, -0.05) is 12.8 Å². The number of benzene rings is 1. The van der Waals surface area contributed by atoms with Crippen molar-refractivity contribution in [3.8, 4) is 5.75 Å². The molecule has 1 saturated carbocycles. The van der Waals surface area contributed by atoms with Crippen LogP contribution in [0.1, 0.15) is 30.9 Å². The highest BCUT2D eigenvalue weighted by molar-refractivity contribution is 5.32. The van der Waals surface area contributed by atoms with Gasteiger partial charge >= 0.3 is 0 Å². The second-order valence-corrected chi connectivity index (χ2v) is 4.29. The van der Waals surface area contributed by atoms with Gasteiger partial charge in [-0.15, -0.1) is 0 Å². The van der Waals surface area contributed by atoms with Gasteiger partial charge in [0, 0.05) is 23.7 Å². The maximum absolute atomic E-state index is 13.6. The van der Waals surface area contributed by atoms with Crippen molar-refractivity contribution in [2.75, 3.05) is 7.11 Å². The summed E-state index contributed by atoms with van der Waals surface area (Å²) in [5, 5.41) is 0. The summed E-state index contributed by atoms with van der Waals surface area (Å²) in [6, 6.07) is 1.79. The van der Waals surface area contributed by atoms with Gasteiger partial charge in [0.25, 0.3) is 0 Å². The molecule has 2 rings (SSSR count). The molecule has 88 valence electrons. The second kappa shape index (κ2) is 4.37. The summed E-state index contributed by atoms with van der Waals surface area (Å²) in [7, 11) is 1.37. The van der Waals surface area contributed by atoms with Gasteiger partial charge < -0.3 is 10.5 Å². The largest absolute Gasteiger partial charge is 0.497 e. The summed E-state index contributed by atoms with van der Waals surface area (Å²) in [4.78, 5) is 0. The van der Waals surface area contributed by atoms with Gasteiger partial charge in [0.15, 0.2) is 0 Å². The quantitative estimate of drug-likeness (QED) is 0.858. The number of halogens is 2. The summed E-state index contributed by atoms with van der Waals surface area (Å²) < 4.78 is 32.0. The molecule has 0 saturated heterocycles. The van der Waals surface area contributed by atoms with E-state index in [-0.39, 0.29) is 11.3 Å². The molecule has 0 amide bonds. The van der Waals surface area contributed by atoms with Gasteiger partial charge in [-0.05, 0) is 12.3 Å². The predicted octanol–water partition coefficient (Wildman–Crippen LogP) is 2.77. The first kappa shape index (κ1) is 11.3. The fourth-order valence-corrected chi connectivity index (χ4v) is 1.86. The molecule has 1 aromatic carbocycles. The summed E-state index contributed by atoms with van der Waals surface area (Å²) in [5.41, 5.74) is 5.79. The summed E-state index contributed by atoms with van der Waals surface area (Å²) in [6.45, 7) is 0. The van der Waals surface area contributed by atoms with Gasteiger partial charge in [-0.2, -0.15) is 0 Å². The zero-order valence-corrected chi connectivity index (χ0v) is 9.17. The first-order valence-electron chi connectivity index (χ1n) is 5.40. The number of methoxy groups -OCH3 is 1. The normalized spacial score (nSPS) is 17.2. The SMILES string of the molecule is COc1cc(F)c(C(N)CC2CC2)c(F)c1. The van der Waals surface area contributed by atoms with Gasteiger partial charge in [0.2, 0.25) is 0 Å². The maximum atomic E-state index is 13.6. The van der Waals surface area contributed by atoms with Crippen LogP contribution in [0.3, 0.4) is 0 Å². The molecule has 1 atom stereocenters. The minimum Gasteiger partial charge on any atom is -0.497 e. The topological polar surface area (TPSA) is 35.2 Å². The average molecular weight is 227 g/mol. The lowest BCUT2D eigenvalue weighted by atomic mass is 10.0. The van der Waals surface area contributed by atoms with Crippen molar-refractivity contribution in [3.63, 3.8) is 0 Å². The molecular formula is C12H15F2NO. The monoisotopic (exact) mass is 227 g/mol. The molecule has 0 bridgehead atoms. The smallest absolute Gasteiger partial charge is 0.134 e. The lowest BCUT2D eigenvalue weighted by molar-refractivity contribution is 0.402. The minimum absolute atomic E-state index is 0.0206. The number of ether oxygens (including phenoxy) is 1. The average Bonchev–Trinajstić information content (AvgIpc) is 3.00. The van der Waals surface area contributed by atoms with Crippen molar-refractivity contribution in [3.05, 3.63) is 29.3 Å². The van der Waals surface area contributed by atoms with E-state index in [0.29, 0.717) is 12.3 Å². The molecule has 0 radical (unpaired) electrons. The molecule has 1 aliphatic carbocycles. The Balaban J connectivity index is 2.24. The van der Waals surface area contributed by atoms with Crippen LogP contribution in [0.4, 0.5) is 8.78 Å². The molecule has 1 aliphatic rings. The van der Waals surface area contributed by atoms with Crippen LogP contribution in [0, 0.1) is 17.6 Å². The number of hydrogen-bond acceptors (Lipinski definition) is 2. The summed E-state index contributed by atoms with van der Waals surface area (Å²) in [5.74, 6) is -0.525. The molecular weight excluding hydrogens is 212 g/mol. The van der Waals surface area contributed by atoms with Crippen LogP contribution in [0.25, 0.3) is 0 Å². The van der Waals surface area contributed by atoms with E-state index in [4.69, 9.17) is 10.5 Å². The Morgan fingerprint density at radius 1 is 1.38 bits per heavy atom. The van der Waals surface area contributed by atoms with Crippen molar-refractivity contribution in [1.29, 1.82) is 0 Å². The Bertz CT molecular complexity index is 368. The zero-order chi connectivity index (χ0) is 11.7. The fourth-order valence-electron chi connectivity index (χ4n) is 1.86.